The maximum atomic E-state index is 5.70. The molecule has 170 valence electrons. The summed E-state index contributed by atoms with van der Waals surface area (Å²) in [4.78, 5) is 7.31. The van der Waals surface area contributed by atoms with E-state index < -0.39 is 0 Å². The van der Waals surface area contributed by atoms with Crippen molar-refractivity contribution >= 4 is 5.96 Å². The van der Waals surface area contributed by atoms with Gasteiger partial charge in [0.05, 0.1) is 25.8 Å². The molecule has 8 heteroatoms. The van der Waals surface area contributed by atoms with Crippen LogP contribution in [0.4, 0.5) is 0 Å². The highest BCUT2D eigenvalue weighted by Crippen LogP contribution is 2.10. The van der Waals surface area contributed by atoms with Crippen LogP contribution in [0.1, 0.15) is 43.9 Å². The topological polar surface area (TPSA) is 79.6 Å². The number of ether oxygens (including phenoxy) is 1. The third kappa shape index (κ3) is 7.63. The van der Waals surface area contributed by atoms with Gasteiger partial charge in [0.25, 0.3) is 0 Å². The van der Waals surface area contributed by atoms with Gasteiger partial charge in [-0.15, -0.1) is 10.2 Å². The van der Waals surface area contributed by atoms with Gasteiger partial charge in [0.15, 0.2) is 11.8 Å². The zero-order valence-corrected chi connectivity index (χ0v) is 19.3. The minimum absolute atomic E-state index is 0.298. The molecule has 2 heterocycles. The number of nitrogens with one attached hydrogen (secondary N) is 2. The molecule has 1 aromatic carbocycles. The minimum Gasteiger partial charge on any atom is -0.377 e. The molecule has 1 saturated heterocycles. The van der Waals surface area contributed by atoms with Crippen molar-refractivity contribution in [1.29, 1.82) is 0 Å². The average molecular weight is 428 g/mol. The molecule has 0 atom stereocenters. The first-order valence-electron chi connectivity index (χ1n) is 11.3. The Morgan fingerprint density at radius 3 is 2.58 bits per heavy atom. The number of benzene rings is 1. The number of rotatable bonds is 9. The summed E-state index contributed by atoms with van der Waals surface area (Å²) < 4.78 is 7.70. The molecule has 0 unspecified atom stereocenters. The number of aliphatic imine (C=N–C) groups is 1. The fourth-order valence-corrected chi connectivity index (χ4v) is 3.59. The summed E-state index contributed by atoms with van der Waals surface area (Å²) in [7, 11) is 1.99. The van der Waals surface area contributed by atoms with Gasteiger partial charge >= 0.3 is 0 Å². The Balaban J connectivity index is 1.54. The Kier molecular flexibility index (Phi) is 8.85. The first-order valence-corrected chi connectivity index (χ1v) is 11.3. The Hall–Kier alpha value is -2.45. The smallest absolute Gasteiger partial charge is 0.192 e. The van der Waals surface area contributed by atoms with E-state index in [2.05, 4.69) is 51.7 Å². The van der Waals surface area contributed by atoms with Crippen molar-refractivity contribution < 1.29 is 4.74 Å². The third-order valence-electron chi connectivity index (χ3n) is 5.65. The van der Waals surface area contributed by atoms with Crippen LogP contribution in [0.15, 0.2) is 35.3 Å². The molecule has 0 spiro atoms. The molecule has 1 aliphatic rings. The molecule has 0 amide bonds. The van der Waals surface area contributed by atoms with Crippen LogP contribution in [0.3, 0.4) is 0 Å². The highest BCUT2D eigenvalue weighted by Gasteiger charge is 2.20. The number of likely N-dealkylation sites (tertiary alicyclic amines) is 1. The summed E-state index contributed by atoms with van der Waals surface area (Å²) in [6.07, 6.45) is 2.49. The van der Waals surface area contributed by atoms with Crippen molar-refractivity contribution in [2.45, 2.75) is 58.8 Å². The van der Waals surface area contributed by atoms with Crippen LogP contribution >= 0.6 is 0 Å². The van der Waals surface area contributed by atoms with E-state index in [-0.39, 0.29) is 0 Å². The van der Waals surface area contributed by atoms with Crippen molar-refractivity contribution in [2.24, 2.45) is 12.0 Å². The average Bonchev–Trinajstić information content (AvgIpc) is 3.09. The molecule has 0 aliphatic carbocycles. The van der Waals surface area contributed by atoms with Crippen LogP contribution < -0.4 is 10.6 Å². The molecule has 0 bridgehead atoms. The number of hydrogen-bond donors (Lipinski definition) is 2. The van der Waals surface area contributed by atoms with Crippen LogP contribution in [-0.4, -0.2) is 64.0 Å². The van der Waals surface area contributed by atoms with Gasteiger partial charge in [-0.2, -0.15) is 0 Å². The Labute approximate surface area is 186 Å². The van der Waals surface area contributed by atoms with Gasteiger partial charge in [0.2, 0.25) is 0 Å². The lowest BCUT2D eigenvalue weighted by molar-refractivity contribution is 0.0532. The van der Waals surface area contributed by atoms with Gasteiger partial charge in [0, 0.05) is 32.7 Å². The second kappa shape index (κ2) is 11.8. The molecule has 31 heavy (non-hydrogen) atoms. The lowest BCUT2D eigenvalue weighted by Gasteiger charge is -2.33. The van der Waals surface area contributed by atoms with E-state index in [9.17, 15) is 0 Å². The first kappa shape index (κ1) is 23.2. The van der Waals surface area contributed by atoms with Gasteiger partial charge in [-0.3, -0.25) is 0 Å². The summed E-state index contributed by atoms with van der Waals surface area (Å²) in [5.74, 6) is 2.62. The fourth-order valence-electron chi connectivity index (χ4n) is 3.59. The minimum atomic E-state index is 0.298. The molecule has 0 radical (unpaired) electrons. The molecular formula is C23H37N7O. The number of aryl methyl sites for hydroxylation is 1. The summed E-state index contributed by atoms with van der Waals surface area (Å²) >= 11 is 0. The lowest BCUT2D eigenvalue weighted by Crippen LogP contribution is -2.49. The molecule has 2 N–H and O–H groups in total. The second-order valence-electron chi connectivity index (χ2n) is 8.41. The van der Waals surface area contributed by atoms with Crippen LogP contribution in [0.25, 0.3) is 0 Å². The van der Waals surface area contributed by atoms with Gasteiger partial charge in [-0.25, -0.2) is 4.99 Å². The third-order valence-corrected chi connectivity index (χ3v) is 5.65. The maximum Gasteiger partial charge on any atom is 0.192 e. The monoisotopic (exact) mass is 427 g/mol. The van der Waals surface area contributed by atoms with E-state index in [0.29, 0.717) is 25.2 Å². The summed E-state index contributed by atoms with van der Waals surface area (Å²) in [6, 6.07) is 10.7. The van der Waals surface area contributed by atoms with Crippen molar-refractivity contribution in [2.75, 3.05) is 26.2 Å². The SMILES string of the molecule is Cc1nnc(CNC(=NCc2ccccc2)NC2CCN(CCOC(C)C)CC2)n1C. The van der Waals surface area contributed by atoms with Crippen molar-refractivity contribution in [1.82, 2.24) is 30.3 Å². The van der Waals surface area contributed by atoms with E-state index in [1.807, 2.05) is 36.7 Å². The Bertz CT molecular complexity index is 811. The lowest BCUT2D eigenvalue weighted by atomic mass is 10.1. The number of nitrogens with zero attached hydrogens (tertiary/aromatic N) is 5. The van der Waals surface area contributed by atoms with Crippen LogP contribution in [0, 0.1) is 6.92 Å². The number of piperidine rings is 1. The Morgan fingerprint density at radius 2 is 1.94 bits per heavy atom. The van der Waals surface area contributed by atoms with Gasteiger partial charge in [0.1, 0.15) is 5.82 Å². The first-order chi connectivity index (χ1) is 15.0. The summed E-state index contributed by atoms with van der Waals surface area (Å²) in [6.45, 7) is 11.3. The normalized spacial score (nSPS) is 16.1. The number of guanidine groups is 1. The van der Waals surface area contributed by atoms with E-state index in [0.717, 1.165) is 56.7 Å². The molecule has 2 aromatic rings. The second-order valence-corrected chi connectivity index (χ2v) is 8.41. The number of aromatic nitrogens is 3. The van der Waals surface area contributed by atoms with Crippen LogP contribution in [0.2, 0.25) is 0 Å². The highest BCUT2D eigenvalue weighted by atomic mass is 16.5. The summed E-state index contributed by atoms with van der Waals surface area (Å²) in [5.41, 5.74) is 1.19. The molecule has 1 aromatic heterocycles. The molecule has 1 fully saturated rings. The Morgan fingerprint density at radius 1 is 1.19 bits per heavy atom. The zero-order valence-electron chi connectivity index (χ0n) is 19.3. The van der Waals surface area contributed by atoms with E-state index in [4.69, 9.17) is 9.73 Å². The van der Waals surface area contributed by atoms with Crippen molar-refractivity contribution in [3.8, 4) is 0 Å². The van der Waals surface area contributed by atoms with E-state index >= 15 is 0 Å². The molecular weight excluding hydrogens is 390 g/mol. The van der Waals surface area contributed by atoms with Crippen LogP contribution in [-0.2, 0) is 24.9 Å². The zero-order chi connectivity index (χ0) is 22.1. The van der Waals surface area contributed by atoms with E-state index in [1.165, 1.54) is 5.56 Å². The highest BCUT2D eigenvalue weighted by molar-refractivity contribution is 5.80. The molecule has 1 aliphatic heterocycles. The molecule has 0 saturated carbocycles. The quantitative estimate of drug-likeness (QED) is 0.472. The van der Waals surface area contributed by atoms with Crippen molar-refractivity contribution in [3.05, 3.63) is 47.5 Å². The molecule has 3 rings (SSSR count). The van der Waals surface area contributed by atoms with Gasteiger partial charge < -0.3 is 24.8 Å². The van der Waals surface area contributed by atoms with Gasteiger partial charge in [-0.05, 0) is 39.2 Å². The largest absolute Gasteiger partial charge is 0.377 e. The fraction of sp³-hybridized carbons (Fsp3) is 0.609. The standard InChI is InChI=1S/C23H37N7O/c1-18(2)31-15-14-30-12-10-21(11-13-30)26-23(24-16-20-8-6-5-7-9-20)25-17-22-28-27-19(3)29(22)4/h5-9,18,21H,10-17H2,1-4H3,(H2,24,25,26). The predicted octanol–water partition coefficient (Wildman–Crippen LogP) is 2.25. The summed E-state index contributed by atoms with van der Waals surface area (Å²) in [5, 5.41) is 15.5. The predicted molar refractivity (Wildman–Crippen MR) is 124 cm³/mol. The van der Waals surface area contributed by atoms with E-state index in [1.54, 1.807) is 0 Å². The molecule has 8 nitrogen and oxygen atoms in total. The van der Waals surface area contributed by atoms with Crippen LogP contribution in [0.5, 0.6) is 0 Å². The van der Waals surface area contributed by atoms with Gasteiger partial charge in [-0.1, -0.05) is 30.3 Å². The maximum absolute atomic E-state index is 5.70. The van der Waals surface area contributed by atoms with Crippen molar-refractivity contribution in [3.63, 3.8) is 0 Å². The number of hydrogen-bond acceptors (Lipinski definition) is 5.